The monoisotopic (exact) mass is 438 g/mol. The summed E-state index contributed by atoms with van der Waals surface area (Å²) in [5.41, 5.74) is 1.19. The van der Waals surface area contributed by atoms with Crippen LogP contribution in [0.2, 0.25) is 0 Å². The number of halogens is 3. The van der Waals surface area contributed by atoms with Gasteiger partial charge in [-0.05, 0) is 49.4 Å². The average Bonchev–Trinajstić information content (AvgIpc) is 3.44. The Balaban J connectivity index is 1.48. The van der Waals surface area contributed by atoms with Crippen molar-refractivity contribution in [2.24, 2.45) is 4.40 Å². The third-order valence-electron chi connectivity index (χ3n) is 5.97. The van der Waals surface area contributed by atoms with Crippen LogP contribution in [0.3, 0.4) is 0 Å². The van der Waals surface area contributed by atoms with E-state index in [1.807, 2.05) is 17.0 Å². The number of benzene rings is 1. The van der Waals surface area contributed by atoms with Crippen molar-refractivity contribution in [1.29, 1.82) is 0 Å². The lowest BCUT2D eigenvalue weighted by Crippen LogP contribution is -2.46. The molecule has 0 radical (unpaired) electrons. The Morgan fingerprint density at radius 2 is 1.77 bits per heavy atom. The minimum Gasteiger partial charge on any atom is -0.358 e. The second kappa shape index (κ2) is 6.83. The molecule has 2 aliphatic heterocycles. The SMILES string of the molecule is O=S1(=O)CCN2CCCC(c3ccc(-n4nc(C(F)(F)F)cc4C4CC4)cc3)C2=N1. The summed E-state index contributed by atoms with van der Waals surface area (Å²) in [4.78, 5) is 2.03. The van der Waals surface area contributed by atoms with Crippen LogP contribution in [0.15, 0.2) is 34.7 Å². The number of aromatic nitrogens is 2. The topological polar surface area (TPSA) is 67.6 Å². The summed E-state index contributed by atoms with van der Waals surface area (Å²) in [6.07, 6.45) is -1.02. The van der Waals surface area contributed by atoms with Gasteiger partial charge in [-0.3, -0.25) is 0 Å². The zero-order valence-corrected chi connectivity index (χ0v) is 17.0. The van der Waals surface area contributed by atoms with Crippen LogP contribution in [0, 0.1) is 0 Å². The van der Waals surface area contributed by atoms with Gasteiger partial charge in [-0.2, -0.15) is 18.3 Å². The van der Waals surface area contributed by atoms with Gasteiger partial charge in [-0.25, -0.2) is 13.1 Å². The number of amidine groups is 1. The second-order valence-corrected chi connectivity index (χ2v) is 9.90. The Hall–Kier alpha value is -2.36. The average molecular weight is 438 g/mol. The summed E-state index contributed by atoms with van der Waals surface area (Å²) in [6.45, 7) is 1.25. The summed E-state index contributed by atoms with van der Waals surface area (Å²) in [6, 6.07) is 8.35. The standard InChI is InChI=1S/C20H21F3N4O2S/c21-20(22,23)18-12-17(14-3-4-14)27(24-18)15-7-5-13(6-8-15)16-2-1-9-26-10-11-30(28,29)25-19(16)26/h5-8,12,14,16H,1-4,9-11H2. The van der Waals surface area contributed by atoms with Crippen LogP contribution in [0.25, 0.3) is 5.69 Å². The van der Waals surface area contributed by atoms with E-state index in [2.05, 4.69) is 9.50 Å². The molecule has 1 aliphatic carbocycles. The van der Waals surface area contributed by atoms with Gasteiger partial charge in [0.2, 0.25) is 0 Å². The van der Waals surface area contributed by atoms with E-state index in [1.165, 1.54) is 4.68 Å². The fraction of sp³-hybridized carbons (Fsp3) is 0.500. The van der Waals surface area contributed by atoms with E-state index in [9.17, 15) is 21.6 Å². The molecule has 1 saturated carbocycles. The van der Waals surface area contributed by atoms with Gasteiger partial charge in [-0.15, -0.1) is 4.40 Å². The maximum Gasteiger partial charge on any atom is 0.435 e. The number of rotatable bonds is 3. The fourth-order valence-electron chi connectivity index (χ4n) is 4.29. The normalized spacial score (nSPS) is 23.8. The number of hydrogen-bond acceptors (Lipinski definition) is 4. The van der Waals surface area contributed by atoms with Gasteiger partial charge in [-0.1, -0.05) is 12.1 Å². The van der Waals surface area contributed by atoms with Crippen molar-refractivity contribution in [1.82, 2.24) is 14.7 Å². The smallest absolute Gasteiger partial charge is 0.358 e. The van der Waals surface area contributed by atoms with Crippen molar-refractivity contribution in [3.63, 3.8) is 0 Å². The van der Waals surface area contributed by atoms with Gasteiger partial charge in [0.25, 0.3) is 10.0 Å². The predicted molar refractivity (Wildman–Crippen MR) is 105 cm³/mol. The zero-order chi connectivity index (χ0) is 21.1. The molecule has 0 amide bonds. The van der Waals surface area contributed by atoms with E-state index < -0.39 is 21.9 Å². The molecule has 5 rings (SSSR count). The first-order chi connectivity index (χ1) is 14.2. The van der Waals surface area contributed by atoms with E-state index >= 15 is 0 Å². The highest BCUT2D eigenvalue weighted by Gasteiger charge is 2.38. The maximum atomic E-state index is 13.2. The summed E-state index contributed by atoms with van der Waals surface area (Å²) in [7, 11) is -3.44. The lowest BCUT2D eigenvalue weighted by molar-refractivity contribution is -0.141. The molecule has 30 heavy (non-hydrogen) atoms. The molecule has 0 N–H and O–H groups in total. The number of hydrogen-bond donors (Lipinski definition) is 0. The summed E-state index contributed by atoms with van der Waals surface area (Å²) in [5.74, 6) is 0.598. The van der Waals surface area contributed by atoms with Gasteiger partial charge in [0.05, 0.1) is 11.4 Å². The number of alkyl halides is 3. The summed E-state index contributed by atoms with van der Waals surface area (Å²) >= 11 is 0. The Labute approximate surface area is 172 Å². The molecular formula is C20H21F3N4O2S. The van der Waals surface area contributed by atoms with Gasteiger partial charge < -0.3 is 4.90 Å². The van der Waals surface area contributed by atoms with Crippen molar-refractivity contribution in [3.05, 3.63) is 47.3 Å². The van der Waals surface area contributed by atoms with Crippen LogP contribution in [0.1, 0.15) is 54.5 Å². The predicted octanol–water partition coefficient (Wildman–Crippen LogP) is 3.69. The second-order valence-electron chi connectivity index (χ2n) is 8.15. The molecule has 160 valence electrons. The highest BCUT2D eigenvalue weighted by Crippen LogP contribution is 2.43. The van der Waals surface area contributed by atoms with Gasteiger partial charge in [0.15, 0.2) is 5.69 Å². The maximum absolute atomic E-state index is 13.2. The molecule has 2 fully saturated rings. The highest BCUT2D eigenvalue weighted by atomic mass is 32.2. The highest BCUT2D eigenvalue weighted by molar-refractivity contribution is 7.90. The molecule has 1 aromatic heterocycles. The van der Waals surface area contributed by atoms with E-state index in [0.29, 0.717) is 23.8 Å². The van der Waals surface area contributed by atoms with Gasteiger partial charge in [0, 0.05) is 30.6 Å². The third-order valence-corrected chi connectivity index (χ3v) is 7.13. The first-order valence-corrected chi connectivity index (χ1v) is 11.7. The lowest BCUT2D eigenvalue weighted by Gasteiger charge is -2.37. The zero-order valence-electron chi connectivity index (χ0n) is 16.1. The molecule has 6 nitrogen and oxygen atoms in total. The molecule has 1 aromatic carbocycles. The quantitative estimate of drug-likeness (QED) is 0.733. The Morgan fingerprint density at radius 3 is 2.43 bits per heavy atom. The molecule has 3 heterocycles. The molecule has 1 saturated heterocycles. The van der Waals surface area contributed by atoms with Crippen molar-refractivity contribution in [3.8, 4) is 5.69 Å². The molecule has 3 aliphatic rings. The van der Waals surface area contributed by atoms with E-state index in [0.717, 1.165) is 43.9 Å². The van der Waals surface area contributed by atoms with Gasteiger partial charge >= 0.3 is 6.18 Å². The number of fused-ring (bicyclic) bond motifs is 1. The van der Waals surface area contributed by atoms with Crippen LogP contribution in [-0.4, -0.2) is 47.8 Å². The van der Waals surface area contributed by atoms with Crippen molar-refractivity contribution in [2.75, 3.05) is 18.8 Å². The molecular weight excluding hydrogens is 417 g/mol. The molecule has 0 spiro atoms. The third kappa shape index (κ3) is 3.61. The minimum absolute atomic E-state index is 0.0347. The van der Waals surface area contributed by atoms with Gasteiger partial charge in [0.1, 0.15) is 5.84 Å². The van der Waals surface area contributed by atoms with Crippen molar-refractivity contribution >= 4 is 15.9 Å². The van der Waals surface area contributed by atoms with Crippen molar-refractivity contribution < 1.29 is 21.6 Å². The number of piperidine rings is 1. The first kappa shape index (κ1) is 19.6. The van der Waals surface area contributed by atoms with Crippen LogP contribution in [0.5, 0.6) is 0 Å². The number of sulfonamides is 1. The minimum atomic E-state index is -4.48. The van der Waals surface area contributed by atoms with E-state index in [1.54, 1.807) is 12.1 Å². The largest absolute Gasteiger partial charge is 0.435 e. The first-order valence-electron chi connectivity index (χ1n) is 10.1. The lowest BCUT2D eigenvalue weighted by atomic mass is 9.89. The van der Waals surface area contributed by atoms with Crippen LogP contribution >= 0.6 is 0 Å². The molecule has 1 unspecified atom stereocenters. The van der Waals surface area contributed by atoms with Crippen LogP contribution < -0.4 is 0 Å². The van der Waals surface area contributed by atoms with Crippen LogP contribution in [-0.2, 0) is 16.2 Å². The van der Waals surface area contributed by atoms with Crippen LogP contribution in [0.4, 0.5) is 13.2 Å². The Morgan fingerprint density at radius 1 is 1.03 bits per heavy atom. The molecule has 0 bridgehead atoms. The van der Waals surface area contributed by atoms with E-state index in [-0.39, 0.29) is 17.6 Å². The fourth-order valence-corrected chi connectivity index (χ4v) is 5.36. The number of nitrogens with zero attached hydrogens (tertiary/aromatic N) is 4. The molecule has 2 aromatic rings. The molecule has 1 atom stereocenters. The van der Waals surface area contributed by atoms with Crippen molar-refractivity contribution in [2.45, 2.75) is 43.7 Å². The Kier molecular flexibility index (Phi) is 4.46. The van der Waals surface area contributed by atoms with E-state index in [4.69, 9.17) is 0 Å². The molecule has 10 heteroatoms. The summed E-state index contributed by atoms with van der Waals surface area (Å²) < 4.78 is 68.9. The summed E-state index contributed by atoms with van der Waals surface area (Å²) in [5, 5.41) is 3.82. The Bertz CT molecular complexity index is 1100.